The van der Waals surface area contributed by atoms with Gasteiger partial charge in [0.05, 0.1) is 0 Å². The number of carbonyl (C=O) groups excluding carboxylic acids is 1. The topological polar surface area (TPSA) is 29.5 Å². The van der Waals surface area contributed by atoms with Gasteiger partial charge in [-0.15, -0.1) is 0 Å². The van der Waals surface area contributed by atoms with Crippen LogP contribution in [0.15, 0.2) is 36.4 Å². The first-order valence-corrected chi connectivity index (χ1v) is 6.93. The number of hydrogen-bond donors (Lipinski definition) is 0. The van der Waals surface area contributed by atoms with Crippen molar-refractivity contribution >= 4 is 11.5 Å². The molecule has 2 heterocycles. The van der Waals surface area contributed by atoms with E-state index in [4.69, 9.17) is 4.74 Å². The molecule has 19 heavy (non-hydrogen) atoms. The number of esters is 1. The second kappa shape index (κ2) is 5.17. The van der Waals surface area contributed by atoms with Gasteiger partial charge in [0.15, 0.2) is 0 Å². The Bertz CT molecular complexity index is 495. The Morgan fingerprint density at radius 2 is 2.05 bits per heavy atom. The van der Waals surface area contributed by atoms with Crippen molar-refractivity contribution in [2.24, 2.45) is 0 Å². The molecular formula is C16H19NO2. The number of benzene rings is 1. The number of rotatable bonds is 2. The summed E-state index contributed by atoms with van der Waals surface area (Å²) in [7, 11) is 0. The molecule has 1 saturated heterocycles. The molecule has 3 rings (SSSR count). The van der Waals surface area contributed by atoms with Crippen LogP contribution in [0.2, 0.25) is 0 Å². The molecule has 3 heteroatoms. The molecule has 3 nitrogen and oxygen atoms in total. The molecule has 0 spiro atoms. The third-order valence-corrected chi connectivity index (χ3v) is 3.97. The molecule has 0 N–H and O–H groups in total. The average Bonchev–Trinajstić information content (AvgIpc) is 2.79. The fraction of sp³-hybridized carbons (Fsp3) is 0.438. The predicted octanol–water partition coefficient (Wildman–Crippen LogP) is 2.48. The fourth-order valence-corrected chi connectivity index (χ4v) is 2.92. The lowest BCUT2D eigenvalue weighted by Gasteiger charge is -2.29. The summed E-state index contributed by atoms with van der Waals surface area (Å²) in [4.78, 5) is 14.0. The Balaban J connectivity index is 1.69. The number of cyclic esters (lactones) is 1. The minimum Gasteiger partial charge on any atom is -0.461 e. The third-order valence-electron chi connectivity index (χ3n) is 3.97. The van der Waals surface area contributed by atoms with Crippen LogP contribution in [0.3, 0.4) is 0 Å². The largest absolute Gasteiger partial charge is 0.461 e. The van der Waals surface area contributed by atoms with Gasteiger partial charge in [-0.1, -0.05) is 36.4 Å². The summed E-state index contributed by atoms with van der Waals surface area (Å²) in [5, 5.41) is 0. The molecule has 2 aliphatic rings. The molecule has 0 aromatic heterocycles. The Hall–Kier alpha value is -1.61. The maximum atomic E-state index is 11.8. The lowest BCUT2D eigenvalue weighted by molar-refractivity contribution is -0.144. The average molecular weight is 257 g/mol. The van der Waals surface area contributed by atoms with Crippen LogP contribution in [-0.4, -0.2) is 36.1 Å². The molecule has 2 atom stereocenters. The summed E-state index contributed by atoms with van der Waals surface area (Å²) in [6, 6.07) is 10.4. The highest BCUT2D eigenvalue weighted by Crippen LogP contribution is 2.26. The lowest BCUT2D eigenvalue weighted by Crippen LogP contribution is -2.41. The number of hydrogen-bond acceptors (Lipinski definition) is 3. The Morgan fingerprint density at radius 3 is 2.63 bits per heavy atom. The summed E-state index contributed by atoms with van der Waals surface area (Å²) >= 11 is 0. The van der Waals surface area contributed by atoms with E-state index in [9.17, 15) is 4.79 Å². The molecular weight excluding hydrogens is 238 g/mol. The van der Waals surface area contributed by atoms with Gasteiger partial charge in [0.2, 0.25) is 0 Å². The van der Waals surface area contributed by atoms with Crippen LogP contribution >= 0.6 is 0 Å². The van der Waals surface area contributed by atoms with Gasteiger partial charge in [-0.05, 0) is 24.5 Å². The molecule has 1 fully saturated rings. The van der Waals surface area contributed by atoms with Crippen molar-refractivity contribution in [1.29, 1.82) is 0 Å². The van der Waals surface area contributed by atoms with E-state index < -0.39 is 0 Å². The van der Waals surface area contributed by atoms with Crippen LogP contribution in [0.4, 0.5) is 0 Å². The van der Waals surface area contributed by atoms with Crippen LogP contribution in [-0.2, 0) is 9.53 Å². The van der Waals surface area contributed by atoms with Gasteiger partial charge in [-0.2, -0.15) is 0 Å². The summed E-state index contributed by atoms with van der Waals surface area (Å²) < 4.78 is 5.24. The zero-order chi connectivity index (χ0) is 13.2. The maximum absolute atomic E-state index is 11.8. The van der Waals surface area contributed by atoms with Gasteiger partial charge >= 0.3 is 5.97 Å². The summed E-state index contributed by atoms with van der Waals surface area (Å²) in [5.74, 6) is -0.0518. The number of carbonyl (C=O) groups is 1. The second-order valence-corrected chi connectivity index (χ2v) is 5.34. The van der Waals surface area contributed by atoms with Crippen molar-refractivity contribution < 1.29 is 9.53 Å². The van der Waals surface area contributed by atoms with Crippen LogP contribution in [0.25, 0.3) is 5.57 Å². The Labute approximate surface area is 113 Å². The van der Waals surface area contributed by atoms with E-state index >= 15 is 0 Å². The van der Waals surface area contributed by atoms with E-state index in [-0.39, 0.29) is 18.1 Å². The van der Waals surface area contributed by atoms with E-state index in [1.54, 1.807) is 0 Å². The highest BCUT2D eigenvalue weighted by Gasteiger charge is 2.36. The summed E-state index contributed by atoms with van der Waals surface area (Å²) in [5.41, 5.74) is 2.68. The minimum absolute atomic E-state index is 0.0384. The van der Waals surface area contributed by atoms with Gasteiger partial charge in [-0.25, -0.2) is 0 Å². The molecule has 0 bridgehead atoms. The fourth-order valence-electron chi connectivity index (χ4n) is 2.92. The van der Waals surface area contributed by atoms with E-state index in [2.05, 4.69) is 35.2 Å². The maximum Gasteiger partial charge on any atom is 0.323 e. The molecule has 2 aliphatic heterocycles. The summed E-state index contributed by atoms with van der Waals surface area (Å²) in [6.07, 6.45) is 4.14. The van der Waals surface area contributed by atoms with Crippen LogP contribution < -0.4 is 0 Å². The van der Waals surface area contributed by atoms with Gasteiger partial charge < -0.3 is 4.74 Å². The van der Waals surface area contributed by atoms with Crippen molar-refractivity contribution in [1.82, 2.24) is 4.90 Å². The van der Waals surface area contributed by atoms with Crippen LogP contribution in [0.5, 0.6) is 0 Å². The molecule has 100 valence electrons. The zero-order valence-electron chi connectivity index (χ0n) is 11.2. The van der Waals surface area contributed by atoms with Gasteiger partial charge in [0, 0.05) is 19.5 Å². The van der Waals surface area contributed by atoms with Crippen LogP contribution in [0.1, 0.15) is 25.3 Å². The molecule has 0 unspecified atom stereocenters. The van der Waals surface area contributed by atoms with E-state index in [0.717, 1.165) is 25.9 Å². The third kappa shape index (κ3) is 2.56. The first-order chi connectivity index (χ1) is 9.24. The van der Waals surface area contributed by atoms with Crippen molar-refractivity contribution in [2.75, 3.05) is 13.1 Å². The van der Waals surface area contributed by atoms with Gasteiger partial charge in [-0.3, -0.25) is 9.69 Å². The first kappa shape index (κ1) is 12.4. The SMILES string of the molecule is C[C@H]1C[C@@H](N2CC=C(c3ccccc3)CC2)C(=O)O1. The zero-order valence-corrected chi connectivity index (χ0v) is 11.2. The Morgan fingerprint density at radius 1 is 1.26 bits per heavy atom. The second-order valence-electron chi connectivity index (χ2n) is 5.34. The Kier molecular flexibility index (Phi) is 3.38. The van der Waals surface area contributed by atoms with Crippen molar-refractivity contribution in [3.05, 3.63) is 42.0 Å². The summed E-state index contributed by atoms with van der Waals surface area (Å²) in [6.45, 7) is 3.75. The smallest absolute Gasteiger partial charge is 0.323 e. The van der Waals surface area contributed by atoms with Crippen molar-refractivity contribution in [3.8, 4) is 0 Å². The number of ether oxygens (including phenoxy) is 1. The van der Waals surface area contributed by atoms with E-state index in [1.165, 1.54) is 11.1 Å². The lowest BCUT2D eigenvalue weighted by atomic mass is 9.98. The van der Waals surface area contributed by atoms with Crippen molar-refractivity contribution in [2.45, 2.75) is 31.9 Å². The normalized spacial score (nSPS) is 28.1. The molecule has 0 amide bonds. The molecule has 0 aliphatic carbocycles. The quantitative estimate of drug-likeness (QED) is 0.762. The van der Waals surface area contributed by atoms with Crippen molar-refractivity contribution in [3.63, 3.8) is 0 Å². The number of nitrogens with zero attached hydrogens (tertiary/aromatic N) is 1. The minimum atomic E-state index is -0.0518. The van der Waals surface area contributed by atoms with Gasteiger partial charge in [0.25, 0.3) is 0 Å². The standard InChI is InChI=1S/C16H19NO2/c1-12-11-15(16(18)19-12)17-9-7-14(8-10-17)13-5-3-2-4-6-13/h2-7,12,15H,8-11H2,1H3/t12-,15+/m0/s1. The van der Waals surface area contributed by atoms with Gasteiger partial charge in [0.1, 0.15) is 12.1 Å². The monoisotopic (exact) mass is 257 g/mol. The molecule has 1 aromatic carbocycles. The van der Waals surface area contributed by atoms with Crippen LogP contribution in [0, 0.1) is 0 Å². The highest BCUT2D eigenvalue weighted by molar-refractivity contribution is 5.78. The molecule has 0 radical (unpaired) electrons. The van der Waals surface area contributed by atoms with E-state index in [1.807, 2.05) is 13.0 Å². The molecule has 0 saturated carbocycles. The molecule has 1 aromatic rings. The first-order valence-electron chi connectivity index (χ1n) is 6.93. The van der Waals surface area contributed by atoms with E-state index in [0.29, 0.717) is 0 Å². The predicted molar refractivity (Wildman–Crippen MR) is 74.6 cm³/mol. The highest BCUT2D eigenvalue weighted by atomic mass is 16.6.